The van der Waals surface area contributed by atoms with Crippen LogP contribution in [0.5, 0.6) is 0 Å². The topological polar surface area (TPSA) is 80.9 Å². The number of nitrogens with zero attached hydrogens (tertiary/aromatic N) is 2. The molecular formula is C11H9ClN4O. The zero-order chi connectivity index (χ0) is 12.3. The van der Waals surface area contributed by atoms with E-state index in [1.165, 1.54) is 6.07 Å². The first-order valence-electron chi connectivity index (χ1n) is 4.80. The summed E-state index contributed by atoms with van der Waals surface area (Å²) in [5.74, 6) is -0.0920. The van der Waals surface area contributed by atoms with Crippen molar-refractivity contribution in [1.29, 1.82) is 0 Å². The van der Waals surface area contributed by atoms with Crippen molar-refractivity contribution in [1.82, 2.24) is 9.97 Å². The number of hydrogen-bond acceptors (Lipinski definition) is 4. The molecule has 0 saturated heterocycles. The zero-order valence-corrected chi connectivity index (χ0v) is 9.48. The molecule has 1 heterocycles. The fourth-order valence-corrected chi connectivity index (χ4v) is 1.34. The Bertz CT molecular complexity index is 544. The lowest BCUT2D eigenvalue weighted by Crippen LogP contribution is -2.14. The third-order valence-corrected chi connectivity index (χ3v) is 2.39. The molecule has 2 aromatic rings. The Morgan fingerprint density at radius 1 is 1.29 bits per heavy atom. The highest BCUT2D eigenvalue weighted by Crippen LogP contribution is 2.19. The molecule has 5 nitrogen and oxygen atoms in total. The molecule has 6 heteroatoms. The van der Waals surface area contributed by atoms with E-state index in [4.69, 9.17) is 17.3 Å². The van der Waals surface area contributed by atoms with Crippen molar-refractivity contribution < 1.29 is 4.79 Å². The molecule has 0 unspecified atom stereocenters. The van der Waals surface area contributed by atoms with E-state index in [1.54, 1.807) is 30.6 Å². The summed E-state index contributed by atoms with van der Waals surface area (Å²) in [4.78, 5) is 19.6. The number of nitrogen functional groups attached to an aromatic ring is 1. The normalized spacial score (nSPS) is 9.94. The van der Waals surface area contributed by atoms with Crippen LogP contribution in [-0.2, 0) is 0 Å². The molecule has 0 bridgehead atoms. The molecule has 0 radical (unpaired) electrons. The van der Waals surface area contributed by atoms with Crippen LogP contribution in [-0.4, -0.2) is 15.9 Å². The molecule has 0 saturated carbocycles. The monoisotopic (exact) mass is 248 g/mol. The predicted octanol–water partition coefficient (Wildman–Crippen LogP) is 1.96. The molecule has 1 amide bonds. The summed E-state index contributed by atoms with van der Waals surface area (Å²) < 4.78 is 0. The molecule has 0 aliphatic rings. The SMILES string of the molecule is Nc1cc(C(=O)Nc2ncccn2)ccc1Cl. The summed E-state index contributed by atoms with van der Waals surface area (Å²) in [5, 5.41) is 2.96. The summed E-state index contributed by atoms with van der Waals surface area (Å²) in [7, 11) is 0. The van der Waals surface area contributed by atoms with Gasteiger partial charge < -0.3 is 5.73 Å². The van der Waals surface area contributed by atoms with Gasteiger partial charge in [-0.3, -0.25) is 10.1 Å². The minimum Gasteiger partial charge on any atom is -0.398 e. The maximum absolute atomic E-state index is 11.8. The van der Waals surface area contributed by atoms with Crippen molar-refractivity contribution in [3.8, 4) is 0 Å². The number of carbonyl (C=O) groups excluding carboxylic acids is 1. The van der Waals surface area contributed by atoms with Gasteiger partial charge in [-0.05, 0) is 24.3 Å². The molecule has 86 valence electrons. The highest BCUT2D eigenvalue weighted by Gasteiger charge is 2.08. The maximum atomic E-state index is 11.8. The summed E-state index contributed by atoms with van der Waals surface area (Å²) in [6.07, 6.45) is 3.08. The van der Waals surface area contributed by atoms with Gasteiger partial charge in [0.05, 0.1) is 10.7 Å². The highest BCUT2D eigenvalue weighted by molar-refractivity contribution is 6.33. The van der Waals surface area contributed by atoms with E-state index < -0.39 is 0 Å². The average Bonchev–Trinajstić information content (AvgIpc) is 2.34. The molecular weight excluding hydrogens is 240 g/mol. The van der Waals surface area contributed by atoms with E-state index in [-0.39, 0.29) is 11.9 Å². The van der Waals surface area contributed by atoms with Crippen LogP contribution >= 0.6 is 11.6 Å². The molecule has 3 N–H and O–H groups in total. The van der Waals surface area contributed by atoms with Gasteiger partial charge in [-0.1, -0.05) is 11.6 Å². The van der Waals surface area contributed by atoms with Crippen molar-refractivity contribution in [2.75, 3.05) is 11.1 Å². The number of nitrogens with two attached hydrogens (primary N) is 1. The number of halogens is 1. The highest BCUT2D eigenvalue weighted by atomic mass is 35.5. The van der Waals surface area contributed by atoms with Gasteiger partial charge in [0, 0.05) is 18.0 Å². The molecule has 0 aliphatic carbocycles. The van der Waals surface area contributed by atoms with Gasteiger partial charge in [0.2, 0.25) is 5.95 Å². The van der Waals surface area contributed by atoms with Gasteiger partial charge in [-0.2, -0.15) is 0 Å². The van der Waals surface area contributed by atoms with E-state index in [2.05, 4.69) is 15.3 Å². The number of anilines is 2. The summed E-state index contributed by atoms with van der Waals surface area (Å²) in [6.45, 7) is 0. The molecule has 0 aliphatic heterocycles. The van der Waals surface area contributed by atoms with Crippen molar-refractivity contribution in [3.05, 3.63) is 47.2 Å². The Kier molecular flexibility index (Phi) is 3.20. The van der Waals surface area contributed by atoms with E-state index >= 15 is 0 Å². The molecule has 0 atom stereocenters. The molecule has 1 aromatic heterocycles. The number of nitrogens with one attached hydrogen (secondary N) is 1. The predicted molar refractivity (Wildman–Crippen MR) is 65.8 cm³/mol. The molecule has 0 spiro atoms. The summed E-state index contributed by atoms with van der Waals surface area (Å²) >= 11 is 5.76. The maximum Gasteiger partial charge on any atom is 0.258 e. The molecule has 2 rings (SSSR count). The second kappa shape index (κ2) is 4.80. The Morgan fingerprint density at radius 2 is 2.00 bits per heavy atom. The van der Waals surface area contributed by atoms with Gasteiger partial charge in [-0.15, -0.1) is 0 Å². The molecule has 17 heavy (non-hydrogen) atoms. The minimum atomic E-state index is -0.334. The van der Waals surface area contributed by atoms with Gasteiger partial charge in [0.15, 0.2) is 0 Å². The van der Waals surface area contributed by atoms with Crippen LogP contribution in [0, 0.1) is 0 Å². The van der Waals surface area contributed by atoms with Crippen LogP contribution in [0.1, 0.15) is 10.4 Å². The first kappa shape index (κ1) is 11.3. The Balaban J connectivity index is 2.18. The number of hydrogen-bond donors (Lipinski definition) is 2. The summed E-state index contributed by atoms with van der Waals surface area (Å²) in [6, 6.07) is 6.31. The largest absolute Gasteiger partial charge is 0.398 e. The number of benzene rings is 1. The summed E-state index contributed by atoms with van der Waals surface area (Å²) in [5.41, 5.74) is 6.37. The number of amides is 1. The Labute approximate surface area is 103 Å². The van der Waals surface area contributed by atoms with Gasteiger partial charge >= 0.3 is 0 Å². The van der Waals surface area contributed by atoms with Crippen molar-refractivity contribution in [3.63, 3.8) is 0 Å². The van der Waals surface area contributed by atoms with E-state index in [0.29, 0.717) is 16.3 Å². The first-order valence-corrected chi connectivity index (χ1v) is 5.18. The lowest BCUT2D eigenvalue weighted by Gasteiger charge is -2.04. The van der Waals surface area contributed by atoms with Gasteiger partial charge in [0.25, 0.3) is 5.91 Å². The van der Waals surface area contributed by atoms with E-state index in [9.17, 15) is 4.79 Å². The van der Waals surface area contributed by atoms with E-state index in [1.807, 2.05) is 0 Å². The van der Waals surface area contributed by atoms with Crippen LogP contribution in [0.25, 0.3) is 0 Å². The smallest absolute Gasteiger partial charge is 0.258 e. The quantitative estimate of drug-likeness (QED) is 0.796. The van der Waals surface area contributed by atoms with Crippen molar-refractivity contribution >= 4 is 29.1 Å². The van der Waals surface area contributed by atoms with E-state index in [0.717, 1.165) is 0 Å². The Hall–Kier alpha value is -2.14. The molecule has 1 aromatic carbocycles. The fraction of sp³-hybridized carbons (Fsp3) is 0. The van der Waals surface area contributed by atoms with Crippen LogP contribution in [0.2, 0.25) is 5.02 Å². The van der Waals surface area contributed by atoms with Gasteiger partial charge in [0.1, 0.15) is 0 Å². The lowest BCUT2D eigenvalue weighted by molar-refractivity contribution is 0.102. The van der Waals surface area contributed by atoms with Crippen LogP contribution in [0.4, 0.5) is 11.6 Å². The van der Waals surface area contributed by atoms with Crippen LogP contribution in [0.15, 0.2) is 36.7 Å². The molecule has 0 fully saturated rings. The van der Waals surface area contributed by atoms with Crippen LogP contribution in [0.3, 0.4) is 0 Å². The third-order valence-electron chi connectivity index (χ3n) is 2.05. The number of carbonyl (C=O) groups is 1. The van der Waals surface area contributed by atoms with Gasteiger partial charge in [-0.25, -0.2) is 9.97 Å². The fourth-order valence-electron chi connectivity index (χ4n) is 1.22. The zero-order valence-electron chi connectivity index (χ0n) is 8.72. The second-order valence-electron chi connectivity index (χ2n) is 3.26. The number of rotatable bonds is 2. The van der Waals surface area contributed by atoms with Crippen LogP contribution < -0.4 is 11.1 Å². The second-order valence-corrected chi connectivity index (χ2v) is 3.67. The first-order chi connectivity index (χ1) is 8.16. The third kappa shape index (κ3) is 2.70. The lowest BCUT2D eigenvalue weighted by atomic mass is 10.2. The average molecular weight is 249 g/mol. The Morgan fingerprint density at radius 3 is 2.65 bits per heavy atom. The number of aromatic nitrogens is 2. The standard InChI is InChI=1S/C11H9ClN4O/c12-8-3-2-7(6-9(8)13)10(17)16-11-14-4-1-5-15-11/h1-6H,13H2,(H,14,15,16,17). The van der Waals surface area contributed by atoms with Crippen molar-refractivity contribution in [2.24, 2.45) is 0 Å². The minimum absolute atomic E-state index is 0.242. The van der Waals surface area contributed by atoms with Crippen molar-refractivity contribution in [2.45, 2.75) is 0 Å².